The zero-order valence-corrected chi connectivity index (χ0v) is 13.0. The molecule has 2 atom stereocenters. The molecule has 3 heteroatoms. The van der Waals surface area contributed by atoms with Crippen molar-refractivity contribution in [1.82, 2.24) is 5.32 Å². The first-order valence-electron chi connectivity index (χ1n) is 7.43. The minimum Gasteiger partial charge on any atom is -0.480 e. The van der Waals surface area contributed by atoms with E-state index in [-0.39, 0.29) is 6.04 Å². The smallest absolute Gasteiger partial charge is 0.320 e. The van der Waals surface area contributed by atoms with Gasteiger partial charge in [-0.15, -0.1) is 0 Å². The van der Waals surface area contributed by atoms with E-state index in [2.05, 4.69) is 57.3 Å². The molecular weight excluding hydrogens is 250 g/mol. The highest BCUT2D eigenvalue weighted by molar-refractivity contribution is 5.73. The Bertz CT molecular complexity index is 429. The van der Waals surface area contributed by atoms with Crippen molar-refractivity contribution in [3.63, 3.8) is 0 Å². The van der Waals surface area contributed by atoms with E-state index in [4.69, 9.17) is 0 Å². The second-order valence-electron chi connectivity index (χ2n) is 6.12. The van der Waals surface area contributed by atoms with E-state index < -0.39 is 12.0 Å². The van der Waals surface area contributed by atoms with E-state index in [0.29, 0.717) is 12.3 Å². The van der Waals surface area contributed by atoms with E-state index in [1.807, 2.05) is 0 Å². The van der Waals surface area contributed by atoms with Gasteiger partial charge in [-0.05, 0) is 44.6 Å². The van der Waals surface area contributed by atoms with Crippen LogP contribution >= 0.6 is 0 Å². The molecule has 0 heterocycles. The van der Waals surface area contributed by atoms with Gasteiger partial charge >= 0.3 is 5.97 Å². The molecular formula is C17H27NO2. The summed E-state index contributed by atoms with van der Waals surface area (Å²) in [5, 5.41) is 12.5. The number of hydrogen-bond donors (Lipinski definition) is 2. The molecule has 20 heavy (non-hydrogen) atoms. The highest BCUT2D eigenvalue weighted by atomic mass is 16.4. The maximum atomic E-state index is 11.2. The zero-order chi connectivity index (χ0) is 15.1. The lowest BCUT2D eigenvalue weighted by Crippen LogP contribution is -2.43. The lowest BCUT2D eigenvalue weighted by atomic mass is 10.0. The average molecular weight is 277 g/mol. The summed E-state index contributed by atoms with van der Waals surface area (Å²) in [4.78, 5) is 11.2. The molecule has 0 aromatic heterocycles. The summed E-state index contributed by atoms with van der Waals surface area (Å²) in [5.41, 5.74) is 2.58. The summed E-state index contributed by atoms with van der Waals surface area (Å²) in [6.07, 6.45) is 2.60. The Morgan fingerprint density at radius 1 is 1.30 bits per heavy atom. The van der Waals surface area contributed by atoms with Crippen LogP contribution in [0.1, 0.15) is 44.7 Å². The van der Waals surface area contributed by atoms with Crippen LogP contribution in [0.5, 0.6) is 0 Å². The Morgan fingerprint density at radius 2 is 2.00 bits per heavy atom. The summed E-state index contributed by atoms with van der Waals surface area (Å²) in [7, 11) is 0. The molecule has 0 saturated heterocycles. The standard InChI is InChI=1S/C17H27NO2/c1-12(2)10-16(17(19)20)18-14(4)8-9-15-7-5-6-13(3)11-15/h5-7,11-12,14,16,18H,8-10H2,1-4H3,(H,19,20). The van der Waals surface area contributed by atoms with Crippen LogP contribution in [-0.4, -0.2) is 23.2 Å². The lowest BCUT2D eigenvalue weighted by Gasteiger charge is -2.21. The molecule has 2 unspecified atom stereocenters. The number of benzene rings is 1. The van der Waals surface area contributed by atoms with Crippen molar-refractivity contribution in [2.45, 2.75) is 59.0 Å². The minimum atomic E-state index is -0.749. The van der Waals surface area contributed by atoms with E-state index >= 15 is 0 Å². The largest absolute Gasteiger partial charge is 0.480 e. The number of aliphatic carboxylic acids is 1. The number of rotatable bonds is 8. The molecule has 0 bridgehead atoms. The third-order valence-electron chi connectivity index (χ3n) is 3.44. The molecule has 0 spiro atoms. The molecule has 112 valence electrons. The molecule has 0 aliphatic heterocycles. The summed E-state index contributed by atoms with van der Waals surface area (Å²) in [6.45, 7) is 8.25. The summed E-state index contributed by atoms with van der Waals surface area (Å²) in [5.74, 6) is -0.367. The van der Waals surface area contributed by atoms with Crippen molar-refractivity contribution in [2.24, 2.45) is 5.92 Å². The highest BCUT2D eigenvalue weighted by Gasteiger charge is 2.20. The van der Waals surface area contributed by atoms with Crippen LogP contribution in [0.4, 0.5) is 0 Å². The summed E-state index contributed by atoms with van der Waals surface area (Å²) >= 11 is 0. The molecule has 2 N–H and O–H groups in total. The maximum Gasteiger partial charge on any atom is 0.320 e. The monoisotopic (exact) mass is 277 g/mol. The van der Waals surface area contributed by atoms with Crippen LogP contribution in [0, 0.1) is 12.8 Å². The Labute approximate surface area is 122 Å². The number of nitrogens with one attached hydrogen (secondary N) is 1. The van der Waals surface area contributed by atoms with Crippen molar-refractivity contribution >= 4 is 5.97 Å². The predicted molar refractivity (Wildman–Crippen MR) is 83.0 cm³/mol. The maximum absolute atomic E-state index is 11.2. The lowest BCUT2D eigenvalue weighted by molar-refractivity contribution is -0.140. The SMILES string of the molecule is Cc1cccc(CCC(C)NC(CC(C)C)C(=O)O)c1. The van der Waals surface area contributed by atoms with Gasteiger partial charge in [-0.25, -0.2) is 0 Å². The van der Waals surface area contributed by atoms with Crippen molar-refractivity contribution in [3.05, 3.63) is 35.4 Å². The van der Waals surface area contributed by atoms with Gasteiger partial charge in [0.25, 0.3) is 0 Å². The van der Waals surface area contributed by atoms with Crippen molar-refractivity contribution in [2.75, 3.05) is 0 Å². The van der Waals surface area contributed by atoms with E-state index in [1.54, 1.807) is 0 Å². The van der Waals surface area contributed by atoms with Crippen molar-refractivity contribution in [1.29, 1.82) is 0 Å². The Morgan fingerprint density at radius 3 is 2.55 bits per heavy atom. The Hall–Kier alpha value is -1.35. The quantitative estimate of drug-likeness (QED) is 0.765. The first kappa shape index (κ1) is 16.7. The van der Waals surface area contributed by atoms with E-state index in [9.17, 15) is 9.90 Å². The number of carboxylic acids is 1. The first-order valence-corrected chi connectivity index (χ1v) is 7.43. The molecule has 1 aromatic rings. The molecule has 0 radical (unpaired) electrons. The fourth-order valence-corrected chi connectivity index (χ4v) is 2.39. The predicted octanol–water partition coefficient (Wildman–Crippen LogP) is 3.41. The molecule has 0 fully saturated rings. The summed E-state index contributed by atoms with van der Waals surface area (Å²) in [6, 6.07) is 8.24. The number of aryl methyl sites for hydroxylation is 2. The van der Waals surface area contributed by atoms with E-state index in [0.717, 1.165) is 12.8 Å². The highest BCUT2D eigenvalue weighted by Crippen LogP contribution is 2.10. The number of carboxylic acid groups (broad SMARTS) is 1. The molecule has 0 aliphatic rings. The Kier molecular flexibility index (Phi) is 6.73. The Balaban J connectivity index is 2.45. The van der Waals surface area contributed by atoms with Crippen LogP contribution in [-0.2, 0) is 11.2 Å². The van der Waals surface area contributed by atoms with Gasteiger partial charge in [-0.2, -0.15) is 0 Å². The van der Waals surface area contributed by atoms with Gasteiger partial charge in [0.1, 0.15) is 6.04 Å². The van der Waals surface area contributed by atoms with Crippen molar-refractivity contribution in [3.8, 4) is 0 Å². The van der Waals surface area contributed by atoms with Crippen LogP contribution in [0.2, 0.25) is 0 Å². The number of carbonyl (C=O) groups is 1. The van der Waals surface area contributed by atoms with Crippen molar-refractivity contribution < 1.29 is 9.90 Å². The van der Waals surface area contributed by atoms with Gasteiger partial charge < -0.3 is 10.4 Å². The van der Waals surface area contributed by atoms with Gasteiger partial charge in [-0.1, -0.05) is 43.7 Å². The summed E-state index contributed by atoms with van der Waals surface area (Å²) < 4.78 is 0. The minimum absolute atomic E-state index is 0.204. The topological polar surface area (TPSA) is 49.3 Å². The second-order valence-corrected chi connectivity index (χ2v) is 6.12. The normalized spacial score (nSPS) is 14.2. The van der Waals surface area contributed by atoms with Crippen LogP contribution < -0.4 is 5.32 Å². The molecule has 1 aromatic carbocycles. The van der Waals surface area contributed by atoms with Gasteiger partial charge in [-0.3, -0.25) is 4.79 Å². The van der Waals surface area contributed by atoms with Crippen LogP contribution in [0.15, 0.2) is 24.3 Å². The van der Waals surface area contributed by atoms with Crippen LogP contribution in [0.25, 0.3) is 0 Å². The zero-order valence-electron chi connectivity index (χ0n) is 13.0. The third kappa shape index (κ3) is 6.20. The fraction of sp³-hybridized carbons (Fsp3) is 0.588. The first-order chi connectivity index (χ1) is 9.38. The second kappa shape index (κ2) is 8.05. The van der Waals surface area contributed by atoms with Crippen LogP contribution in [0.3, 0.4) is 0 Å². The third-order valence-corrected chi connectivity index (χ3v) is 3.44. The van der Waals surface area contributed by atoms with Gasteiger partial charge in [0.2, 0.25) is 0 Å². The molecule has 0 amide bonds. The van der Waals surface area contributed by atoms with Gasteiger partial charge in [0.05, 0.1) is 0 Å². The van der Waals surface area contributed by atoms with Gasteiger partial charge in [0.15, 0.2) is 0 Å². The molecule has 0 aliphatic carbocycles. The molecule has 1 rings (SSSR count). The molecule has 0 saturated carbocycles. The number of hydrogen-bond acceptors (Lipinski definition) is 2. The molecule has 3 nitrogen and oxygen atoms in total. The van der Waals surface area contributed by atoms with E-state index in [1.165, 1.54) is 11.1 Å². The average Bonchev–Trinajstić information content (AvgIpc) is 2.35. The van der Waals surface area contributed by atoms with Gasteiger partial charge in [0, 0.05) is 6.04 Å². The fourth-order valence-electron chi connectivity index (χ4n) is 2.39.